The minimum absolute atomic E-state index is 0.213. The first-order valence-electron chi connectivity index (χ1n) is 15.3. The summed E-state index contributed by atoms with van der Waals surface area (Å²) in [6.07, 6.45) is 10.5. The molecule has 0 spiro atoms. The van der Waals surface area contributed by atoms with Crippen LogP contribution in [0.4, 0.5) is 0 Å². The third-order valence-corrected chi connectivity index (χ3v) is 6.76. The average molecular weight is 579 g/mol. The number of carbonyl (C=O) groups excluding carboxylic acids is 2. The summed E-state index contributed by atoms with van der Waals surface area (Å²) in [4.78, 5) is 24.2. The van der Waals surface area contributed by atoms with Crippen molar-refractivity contribution in [2.24, 2.45) is 0 Å². The number of hydrogen-bond acceptors (Lipinski definition) is 6. The highest BCUT2D eigenvalue weighted by Crippen LogP contribution is 2.36. The summed E-state index contributed by atoms with van der Waals surface area (Å²) >= 11 is 0. The van der Waals surface area contributed by atoms with Gasteiger partial charge in [-0.25, -0.2) is 9.59 Å². The van der Waals surface area contributed by atoms with Crippen LogP contribution in [0, 0.1) is 0 Å². The zero-order valence-electron chi connectivity index (χ0n) is 26.4. The molecule has 42 heavy (non-hydrogen) atoms. The lowest BCUT2D eigenvalue weighted by Gasteiger charge is -2.24. The van der Waals surface area contributed by atoms with Crippen molar-refractivity contribution in [3.8, 4) is 17.2 Å². The number of carbonyl (C=O) groups is 2. The molecule has 0 heterocycles. The van der Waals surface area contributed by atoms with E-state index in [1.807, 2.05) is 12.1 Å². The first-order valence-corrected chi connectivity index (χ1v) is 15.3. The van der Waals surface area contributed by atoms with Gasteiger partial charge in [-0.1, -0.05) is 66.5 Å². The molecule has 0 aliphatic carbocycles. The zero-order chi connectivity index (χ0) is 31.0. The smallest absolute Gasteiger partial charge is 0.343 e. The summed E-state index contributed by atoms with van der Waals surface area (Å²) in [5, 5.41) is 0. The molecule has 0 fully saturated rings. The molecule has 0 atom stereocenters. The number of ether oxygens (including phenoxy) is 4. The Morgan fingerprint density at radius 3 is 2.02 bits per heavy atom. The third kappa shape index (κ3) is 13.0. The van der Waals surface area contributed by atoms with Crippen LogP contribution in [-0.2, 0) is 14.9 Å². The Morgan fingerprint density at radius 2 is 1.38 bits per heavy atom. The lowest BCUT2D eigenvalue weighted by Crippen LogP contribution is -2.15. The maximum atomic E-state index is 12.9. The van der Waals surface area contributed by atoms with E-state index in [2.05, 4.69) is 40.9 Å². The van der Waals surface area contributed by atoms with E-state index in [9.17, 15) is 9.59 Å². The number of hydrogen-bond donors (Lipinski definition) is 0. The molecule has 0 bridgehead atoms. The molecule has 230 valence electrons. The van der Waals surface area contributed by atoms with Crippen molar-refractivity contribution in [1.29, 1.82) is 0 Å². The summed E-state index contributed by atoms with van der Waals surface area (Å²) in [6.45, 7) is 18.8. The molecule has 0 aromatic heterocycles. The van der Waals surface area contributed by atoms with Crippen LogP contribution in [0.3, 0.4) is 0 Å². The largest absolute Gasteiger partial charge is 0.494 e. The predicted molar refractivity (Wildman–Crippen MR) is 169 cm³/mol. The molecule has 0 saturated carbocycles. The lowest BCUT2D eigenvalue weighted by atomic mass is 9.86. The van der Waals surface area contributed by atoms with Gasteiger partial charge in [0, 0.05) is 17.6 Å². The topological polar surface area (TPSA) is 71.1 Å². The van der Waals surface area contributed by atoms with Gasteiger partial charge in [0.15, 0.2) is 0 Å². The van der Waals surface area contributed by atoms with Gasteiger partial charge in [0.1, 0.15) is 17.2 Å². The van der Waals surface area contributed by atoms with E-state index in [0.717, 1.165) is 55.6 Å². The predicted octanol–water partition coefficient (Wildman–Crippen LogP) is 9.51. The molecule has 2 aromatic rings. The molecule has 0 saturated heterocycles. The highest BCUT2D eigenvalue weighted by atomic mass is 16.5. The Labute approximate surface area is 253 Å². The summed E-state index contributed by atoms with van der Waals surface area (Å²) in [5.41, 5.74) is 1.61. The van der Waals surface area contributed by atoms with Gasteiger partial charge in [0.2, 0.25) is 0 Å². The lowest BCUT2D eigenvalue weighted by molar-refractivity contribution is -0.139. The molecule has 0 aliphatic heterocycles. The van der Waals surface area contributed by atoms with E-state index in [1.54, 1.807) is 37.3 Å². The molecular weight excluding hydrogens is 528 g/mol. The molecule has 0 N–H and O–H groups in total. The fourth-order valence-corrected chi connectivity index (χ4v) is 4.27. The van der Waals surface area contributed by atoms with E-state index in [0.29, 0.717) is 35.8 Å². The third-order valence-electron chi connectivity index (χ3n) is 6.76. The number of benzene rings is 2. The van der Waals surface area contributed by atoms with E-state index < -0.39 is 5.97 Å². The summed E-state index contributed by atoms with van der Waals surface area (Å²) in [6, 6.07) is 12.5. The van der Waals surface area contributed by atoms with Crippen molar-refractivity contribution in [2.45, 2.75) is 104 Å². The van der Waals surface area contributed by atoms with Gasteiger partial charge in [-0.3, -0.25) is 0 Å². The van der Waals surface area contributed by atoms with E-state index in [-0.39, 0.29) is 11.4 Å². The fraction of sp³-hybridized carbons (Fsp3) is 0.500. The van der Waals surface area contributed by atoms with Crippen molar-refractivity contribution in [3.05, 3.63) is 78.1 Å². The molecule has 6 heteroatoms. The Morgan fingerprint density at radius 1 is 0.762 bits per heavy atom. The minimum Gasteiger partial charge on any atom is -0.494 e. The summed E-state index contributed by atoms with van der Waals surface area (Å²) < 4.78 is 22.8. The number of esters is 2. The van der Waals surface area contributed by atoms with E-state index in [1.165, 1.54) is 25.7 Å². The van der Waals surface area contributed by atoms with Crippen molar-refractivity contribution < 1.29 is 28.5 Å². The molecular formula is C36H50O6. The fourth-order valence-electron chi connectivity index (χ4n) is 4.27. The normalized spacial score (nSPS) is 11.1. The Kier molecular flexibility index (Phi) is 14.9. The zero-order valence-corrected chi connectivity index (χ0v) is 26.4. The standard InChI is InChI=1S/C36H50O6/c1-8-9-10-11-14-17-28(4)41-33-23-22-31(26-32(33)36(5,6)7)42-35(38)29-18-20-30(21-19-29)39-24-15-12-13-16-25-40-34(37)27(2)3/h18-23,26H,2,4,8-17,24-25H2,1,3,5-7H3. The number of unbranched alkanes of at least 4 members (excludes halogenated alkanes) is 7. The van der Waals surface area contributed by atoms with Crippen LogP contribution in [0.1, 0.15) is 115 Å². The van der Waals surface area contributed by atoms with Crippen LogP contribution in [-0.4, -0.2) is 25.2 Å². The van der Waals surface area contributed by atoms with E-state index in [4.69, 9.17) is 18.9 Å². The Bertz CT molecular complexity index is 1160. The number of rotatable bonds is 19. The second-order valence-corrected chi connectivity index (χ2v) is 11.8. The van der Waals surface area contributed by atoms with Crippen molar-refractivity contribution in [2.75, 3.05) is 13.2 Å². The molecule has 2 aromatic carbocycles. The molecule has 6 nitrogen and oxygen atoms in total. The Hall–Kier alpha value is -3.54. The van der Waals surface area contributed by atoms with Crippen LogP contribution in [0.25, 0.3) is 0 Å². The Balaban J connectivity index is 1.83. The maximum absolute atomic E-state index is 12.9. The molecule has 0 radical (unpaired) electrons. The van der Waals surface area contributed by atoms with Gasteiger partial charge in [-0.15, -0.1) is 0 Å². The van der Waals surface area contributed by atoms with Gasteiger partial charge in [-0.05, 0) is 86.9 Å². The number of allylic oxidation sites excluding steroid dienone is 1. The van der Waals surface area contributed by atoms with Gasteiger partial charge >= 0.3 is 11.9 Å². The van der Waals surface area contributed by atoms with Crippen LogP contribution in [0.2, 0.25) is 0 Å². The van der Waals surface area contributed by atoms with E-state index >= 15 is 0 Å². The van der Waals surface area contributed by atoms with Crippen LogP contribution >= 0.6 is 0 Å². The van der Waals surface area contributed by atoms with Gasteiger partial charge in [-0.2, -0.15) is 0 Å². The first kappa shape index (κ1) is 34.7. The van der Waals surface area contributed by atoms with Gasteiger partial charge in [0.05, 0.1) is 24.5 Å². The first-order chi connectivity index (χ1) is 20.0. The second kappa shape index (κ2) is 18.1. The quantitative estimate of drug-likeness (QED) is 0.0543. The van der Waals surface area contributed by atoms with Crippen molar-refractivity contribution >= 4 is 11.9 Å². The van der Waals surface area contributed by atoms with Crippen molar-refractivity contribution in [1.82, 2.24) is 0 Å². The van der Waals surface area contributed by atoms with Gasteiger partial charge < -0.3 is 18.9 Å². The molecule has 0 amide bonds. The molecule has 0 unspecified atom stereocenters. The highest BCUT2D eigenvalue weighted by Gasteiger charge is 2.22. The SMILES string of the molecule is C=C(CCCCCCC)Oc1ccc(OC(=O)c2ccc(OCCCCCCOC(=O)C(=C)C)cc2)cc1C(C)(C)C. The van der Waals surface area contributed by atoms with Crippen molar-refractivity contribution in [3.63, 3.8) is 0 Å². The second-order valence-electron chi connectivity index (χ2n) is 11.8. The van der Waals surface area contributed by atoms with Gasteiger partial charge in [0.25, 0.3) is 0 Å². The average Bonchev–Trinajstić information content (AvgIpc) is 2.94. The summed E-state index contributed by atoms with van der Waals surface area (Å²) in [7, 11) is 0. The summed E-state index contributed by atoms with van der Waals surface area (Å²) in [5.74, 6) is 1.90. The minimum atomic E-state index is -0.432. The van der Waals surface area contributed by atoms with Crippen LogP contribution < -0.4 is 14.2 Å². The maximum Gasteiger partial charge on any atom is 0.343 e. The molecule has 0 aliphatic rings. The van der Waals surface area contributed by atoms with Crippen LogP contribution in [0.5, 0.6) is 17.2 Å². The monoisotopic (exact) mass is 578 g/mol. The highest BCUT2D eigenvalue weighted by molar-refractivity contribution is 5.91. The van der Waals surface area contributed by atoms with Crippen LogP contribution in [0.15, 0.2) is 67.0 Å². The molecule has 2 rings (SSSR count).